The molecule has 0 saturated carbocycles. The first-order valence-electron chi connectivity index (χ1n) is 13.6. The number of rotatable bonds is 8. The first kappa shape index (κ1) is 27.8. The van der Waals surface area contributed by atoms with Crippen LogP contribution in [0.25, 0.3) is 0 Å². The molecular weight excluding hydrogens is 549 g/mol. The molecule has 3 aromatic carbocycles. The number of carbonyl (C=O) groups excluding carboxylic acids is 2. The summed E-state index contributed by atoms with van der Waals surface area (Å²) in [5.41, 5.74) is -3.56. The van der Waals surface area contributed by atoms with E-state index >= 15 is 0 Å². The van der Waals surface area contributed by atoms with Crippen molar-refractivity contribution in [2.45, 2.75) is 50.2 Å². The number of amides is 2. The van der Waals surface area contributed by atoms with Crippen LogP contribution in [0.3, 0.4) is 0 Å². The summed E-state index contributed by atoms with van der Waals surface area (Å²) in [6.07, 6.45) is -3.71. The Morgan fingerprint density at radius 2 is 1.60 bits per heavy atom. The fourth-order valence-corrected chi connectivity index (χ4v) is 6.68. The number of hydrogen-bond donors (Lipinski definition) is 0. The van der Waals surface area contributed by atoms with E-state index < -0.39 is 57.8 Å². The average molecular weight is 577 g/mol. The van der Waals surface area contributed by atoms with Gasteiger partial charge in [-0.2, -0.15) is 18.4 Å². The van der Waals surface area contributed by atoms with Gasteiger partial charge in [0, 0.05) is 6.42 Å². The molecule has 0 N–H and O–H groups in total. The van der Waals surface area contributed by atoms with E-state index in [1.165, 1.54) is 12.1 Å². The van der Waals surface area contributed by atoms with E-state index in [-0.39, 0.29) is 13.0 Å². The number of hydrogen-bond acceptors (Lipinski definition) is 6. The Hall–Kier alpha value is -4.36. The molecule has 6 rings (SSSR count). The Labute approximate surface area is 240 Å². The zero-order chi connectivity index (χ0) is 29.7. The highest BCUT2D eigenvalue weighted by atomic mass is 19.4. The van der Waals surface area contributed by atoms with Gasteiger partial charge in [-0.15, -0.1) is 0 Å². The van der Waals surface area contributed by atoms with Gasteiger partial charge in [-0.05, 0) is 61.7 Å². The van der Waals surface area contributed by atoms with Gasteiger partial charge < -0.3 is 14.2 Å². The van der Waals surface area contributed by atoms with Gasteiger partial charge in [0.1, 0.15) is 18.1 Å². The van der Waals surface area contributed by atoms with Crippen molar-refractivity contribution in [3.05, 3.63) is 89.5 Å². The molecule has 42 heavy (non-hydrogen) atoms. The number of anilines is 1. The van der Waals surface area contributed by atoms with Gasteiger partial charge in [0.25, 0.3) is 0 Å². The lowest BCUT2D eigenvalue weighted by Crippen LogP contribution is -2.43. The highest BCUT2D eigenvalue weighted by Gasteiger charge is 2.74. The summed E-state index contributed by atoms with van der Waals surface area (Å²) in [6, 6.07) is 21.7. The van der Waals surface area contributed by atoms with Crippen LogP contribution in [0.2, 0.25) is 0 Å². The van der Waals surface area contributed by atoms with Crippen LogP contribution in [0.4, 0.5) is 18.9 Å². The van der Waals surface area contributed by atoms with E-state index in [1.54, 1.807) is 31.2 Å². The third-order valence-corrected chi connectivity index (χ3v) is 8.57. The molecule has 0 aromatic heterocycles. The van der Waals surface area contributed by atoms with Crippen molar-refractivity contribution in [2.75, 3.05) is 11.5 Å². The van der Waals surface area contributed by atoms with E-state index in [1.807, 2.05) is 30.3 Å². The number of carbonyl (C=O) groups is 2. The largest absolute Gasteiger partial charge is 0.493 e. The summed E-state index contributed by atoms with van der Waals surface area (Å²) in [4.78, 5) is 28.0. The minimum absolute atomic E-state index is 0.169. The van der Waals surface area contributed by atoms with Gasteiger partial charge in [0.15, 0.2) is 0 Å². The Bertz CT molecular complexity index is 1570. The van der Waals surface area contributed by atoms with Crippen LogP contribution in [-0.4, -0.2) is 29.6 Å². The fourth-order valence-electron chi connectivity index (χ4n) is 6.68. The van der Waals surface area contributed by atoms with E-state index in [4.69, 9.17) is 14.2 Å². The zero-order valence-corrected chi connectivity index (χ0v) is 22.7. The van der Waals surface area contributed by atoms with Crippen molar-refractivity contribution < 1.29 is 37.0 Å². The molecule has 216 valence electrons. The van der Waals surface area contributed by atoms with E-state index in [0.29, 0.717) is 35.8 Å². The number of nitriles is 1. The van der Waals surface area contributed by atoms with Crippen LogP contribution in [0.15, 0.2) is 72.8 Å². The van der Waals surface area contributed by atoms with Crippen molar-refractivity contribution in [3.8, 4) is 17.6 Å². The van der Waals surface area contributed by atoms with Gasteiger partial charge in [-0.25, -0.2) is 4.90 Å². The van der Waals surface area contributed by atoms with Crippen LogP contribution in [-0.2, 0) is 27.1 Å². The molecule has 2 bridgehead atoms. The zero-order valence-electron chi connectivity index (χ0n) is 22.7. The molecule has 2 amide bonds. The number of imide groups is 1. The van der Waals surface area contributed by atoms with Crippen molar-refractivity contribution in [1.29, 1.82) is 5.26 Å². The lowest BCUT2D eigenvalue weighted by atomic mass is 9.67. The molecule has 3 fully saturated rings. The molecule has 0 aliphatic carbocycles. The normalized spacial score (nSPS) is 26.3. The Morgan fingerprint density at radius 3 is 2.26 bits per heavy atom. The maximum Gasteiger partial charge on any atom is 0.419 e. The minimum Gasteiger partial charge on any atom is -0.493 e. The highest BCUT2D eigenvalue weighted by molar-refractivity contribution is 6.23. The molecular formula is C32H27F3N2O5. The summed E-state index contributed by atoms with van der Waals surface area (Å²) in [6.45, 7) is 2.33. The van der Waals surface area contributed by atoms with E-state index in [0.717, 1.165) is 17.7 Å². The highest BCUT2D eigenvalue weighted by Crippen LogP contribution is 2.62. The van der Waals surface area contributed by atoms with Crippen LogP contribution in [0.5, 0.6) is 11.5 Å². The number of benzene rings is 3. The van der Waals surface area contributed by atoms with Crippen molar-refractivity contribution in [2.24, 2.45) is 11.8 Å². The van der Waals surface area contributed by atoms with E-state index in [9.17, 15) is 28.0 Å². The molecule has 4 atom stereocenters. The fraction of sp³-hybridized carbons (Fsp3) is 0.344. The molecule has 0 radical (unpaired) electrons. The minimum atomic E-state index is -4.94. The number of halogens is 3. The molecule has 0 spiro atoms. The standard InChI is InChI=1S/C32H27F3N2O5/c1-30-14-15-31(42-30,16-17-40-22-10-12-23(13-11-22)41-19-20-6-3-2-4-7-20)27-26(30)28(38)37(29(27)39)24-9-5-8-21(18-36)25(24)32(33,34)35/h2-13,26-27H,14-17,19H2,1H3. The second-order valence-electron chi connectivity index (χ2n) is 11.1. The van der Waals surface area contributed by atoms with Crippen LogP contribution >= 0.6 is 0 Å². The van der Waals surface area contributed by atoms with Crippen LogP contribution < -0.4 is 14.4 Å². The predicted octanol–water partition coefficient (Wildman–Crippen LogP) is 6.05. The van der Waals surface area contributed by atoms with Crippen LogP contribution in [0.1, 0.15) is 42.9 Å². The molecule has 3 saturated heterocycles. The number of nitrogens with zero attached hydrogens (tertiary/aromatic N) is 2. The third-order valence-electron chi connectivity index (χ3n) is 8.57. The lowest BCUT2D eigenvalue weighted by molar-refractivity contribution is -0.137. The van der Waals surface area contributed by atoms with Gasteiger partial charge >= 0.3 is 6.18 Å². The molecule has 7 nitrogen and oxygen atoms in total. The second-order valence-corrected chi connectivity index (χ2v) is 11.1. The Morgan fingerprint density at radius 1 is 0.929 bits per heavy atom. The smallest absolute Gasteiger partial charge is 0.419 e. The third kappa shape index (κ3) is 4.58. The average Bonchev–Trinajstić information content (AvgIpc) is 3.56. The SMILES string of the molecule is CC12CCC(CCOc3ccc(OCc4ccccc4)cc3)(O1)C1C(=O)N(c3cccc(C#N)c3C(F)(F)F)C(=O)C12. The lowest BCUT2D eigenvalue weighted by Gasteiger charge is -2.31. The van der Waals surface area contributed by atoms with E-state index in [2.05, 4.69) is 0 Å². The topological polar surface area (TPSA) is 88.9 Å². The Balaban J connectivity index is 1.18. The van der Waals surface area contributed by atoms with Gasteiger partial charge in [0.2, 0.25) is 11.8 Å². The summed E-state index contributed by atoms with van der Waals surface area (Å²) < 4.78 is 60.2. The van der Waals surface area contributed by atoms with Crippen molar-refractivity contribution >= 4 is 17.5 Å². The molecule has 3 heterocycles. The maximum absolute atomic E-state index is 14.0. The molecule has 3 aromatic rings. The first-order valence-corrected chi connectivity index (χ1v) is 13.6. The van der Waals surface area contributed by atoms with Gasteiger partial charge in [-0.1, -0.05) is 36.4 Å². The number of alkyl halides is 3. The number of ether oxygens (including phenoxy) is 3. The van der Waals surface area contributed by atoms with Gasteiger partial charge in [0.05, 0.1) is 52.5 Å². The second kappa shape index (κ2) is 10.2. The predicted molar refractivity (Wildman–Crippen MR) is 144 cm³/mol. The summed E-state index contributed by atoms with van der Waals surface area (Å²) in [7, 11) is 0. The number of fused-ring (bicyclic) bond motifs is 5. The Kier molecular flexibility index (Phi) is 6.73. The van der Waals surface area contributed by atoms with Crippen molar-refractivity contribution in [3.63, 3.8) is 0 Å². The molecule has 3 aliphatic heterocycles. The first-order chi connectivity index (χ1) is 20.1. The van der Waals surface area contributed by atoms with Crippen LogP contribution in [0, 0.1) is 23.2 Å². The summed E-state index contributed by atoms with van der Waals surface area (Å²) >= 11 is 0. The summed E-state index contributed by atoms with van der Waals surface area (Å²) in [5.74, 6) is -2.10. The van der Waals surface area contributed by atoms with Crippen molar-refractivity contribution in [1.82, 2.24) is 0 Å². The molecule has 4 unspecified atom stereocenters. The monoisotopic (exact) mass is 576 g/mol. The molecule has 10 heteroatoms. The van der Waals surface area contributed by atoms with Gasteiger partial charge in [-0.3, -0.25) is 9.59 Å². The maximum atomic E-state index is 14.0. The quantitative estimate of drug-likeness (QED) is 0.303. The molecule has 3 aliphatic rings. The summed E-state index contributed by atoms with van der Waals surface area (Å²) in [5, 5.41) is 9.32.